The SMILES string of the molecule is CC(=O)N(C(=O)/C(C#N)=C\N1CC(C)OC(C)C1)c1ccc(N)cc1. The zero-order valence-electron chi connectivity index (χ0n) is 14.6. The van der Waals surface area contributed by atoms with Crippen LogP contribution in [0.25, 0.3) is 0 Å². The van der Waals surface area contributed by atoms with E-state index in [0.717, 1.165) is 4.90 Å². The molecule has 132 valence electrons. The van der Waals surface area contributed by atoms with Gasteiger partial charge < -0.3 is 15.4 Å². The normalized spacial score (nSPS) is 20.7. The fraction of sp³-hybridized carbons (Fsp3) is 0.389. The first-order chi connectivity index (χ1) is 11.8. The van der Waals surface area contributed by atoms with Crippen molar-refractivity contribution in [3.8, 4) is 6.07 Å². The van der Waals surface area contributed by atoms with Gasteiger partial charge in [0.1, 0.15) is 11.6 Å². The van der Waals surface area contributed by atoms with Gasteiger partial charge in [-0.3, -0.25) is 9.59 Å². The third-order valence-electron chi connectivity index (χ3n) is 3.78. The molecule has 1 heterocycles. The lowest BCUT2D eigenvalue weighted by Crippen LogP contribution is -2.43. The molecule has 25 heavy (non-hydrogen) atoms. The van der Waals surface area contributed by atoms with E-state index < -0.39 is 11.8 Å². The molecule has 1 aliphatic rings. The van der Waals surface area contributed by atoms with E-state index in [1.54, 1.807) is 24.3 Å². The quantitative estimate of drug-likeness (QED) is 0.509. The van der Waals surface area contributed by atoms with Crippen molar-refractivity contribution >= 4 is 23.2 Å². The first kappa shape index (κ1) is 18.5. The Hall–Kier alpha value is -2.85. The lowest BCUT2D eigenvalue weighted by atomic mass is 10.2. The highest BCUT2D eigenvalue weighted by Gasteiger charge is 2.26. The molecule has 1 aromatic carbocycles. The first-order valence-electron chi connectivity index (χ1n) is 8.03. The van der Waals surface area contributed by atoms with Crippen LogP contribution in [0.3, 0.4) is 0 Å². The van der Waals surface area contributed by atoms with Gasteiger partial charge in [0.05, 0.1) is 17.9 Å². The summed E-state index contributed by atoms with van der Waals surface area (Å²) in [6.45, 7) is 6.29. The van der Waals surface area contributed by atoms with Gasteiger partial charge in [0.15, 0.2) is 0 Å². The van der Waals surface area contributed by atoms with Crippen molar-refractivity contribution in [1.82, 2.24) is 4.90 Å². The highest BCUT2D eigenvalue weighted by atomic mass is 16.5. The molecule has 0 aromatic heterocycles. The molecule has 0 radical (unpaired) electrons. The zero-order valence-corrected chi connectivity index (χ0v) is 14.6. The summed E-state index contributed by atoms with van der Waals surface area (Å²) in [6, 6.07) is 8.24. The number of nitrogens with two attached hydrogens (primary N) is 1. The predicted octanol–water partition coefficient (Wildman–Crippen LogP) is 1.66. The number of nitriles is 1. The number of morpholine rings is 1. The summed E-state index contributed by atoms with van der Waals surface area (Å²) >= 11 is 0. The molecule has 1 aliphatic heterocycles. The second-order valence-electron chi connectivity index (χ2n) is 6.12. The molecule has 1 aromatic rings. The van der Waals surface area contributed by atoms with Crippen LogP contribution in [-0.4, -0.2) is 42.0 Å². The molecule has 2 amide bonds. The van der Waals surface area contributed by atoms with E-state index in [4.69, 9.17) is 10.5 Å². The van der Waals surface area contributed by atoms with Gasteiger partial charge in [-0.05, 0) is 38.1 Å². The average Bonchev–Trinajstić information content (AvgIpc) is 2.53. The van der Waals surface area contributed by atoms with Crippen LogP contribution < -0.4 is 10.6 Å². The van der Waals surface area contributed by atoms with E-state index in [1.807, 2.05) is 24.8 Å². The number of hydrogen-bond acceptors (Lipinski definition) is 6. The smallest absolute Gasteiger partial charge is 0.277 e. The largest absolute Gasteiger partial charge is 0.399 e. The Morgan fingerprint density at radius 2 is 1.84 bits per heavy atom. The number of rotatable bonds is 3. The molecular formula is C18H22N4O3. The number of benzene rings is 1. The van der Waals surface area contributed by atoms with E-state index in [0.29, 0.717) is 24.5 Å². The molecule has 0 spiro atoms. The van der Waals surface area contributed by atoms with Gasteiger partial charge in [0.2, 0.25) is 5.91 Å². The Morgan fingerprint density at radius 1 is 1.28 bits per heavy atom. The second kappa shape index (κ2) is 7.81. The van der Waals surface area contributed by atoms with Gasteiger partial charge in [-0.2, -0.15) is 5.26 Å². The summed E-state index contributed by atoms with van der Waals surface area (Å²) in [4.78, 5) is 27.6. The van der Waals surface area contributed by atoms with Crippen LogP contribution in [0, 0.1) is 11.3 Å². The van der Waals surface area contributed by atoms with Gasteiger partial charge in [-0.15, -0.1) is 0 Å². The fourth-order valence-corrected chi connectivity index (χ4v) is 2.82. The molecule has 2 N–H and O–H groups in total. The number of carbonyl (C=O) groups excluding carboxylic acids is 2. The molecule has 0 bridgehead atoms. The van der Waals surface area contributed by atoms with Gasteiger partial charge in [0, 0.05) is 31.9 Å². The maximum absolute atomic E-state index is 12.8. The van der Waals surface area contributed by atoms with Crippen molar-refractivity contribution in [3.63, 3.8) is 0 Å². The number of imide groups is 1. The topological polar surface area (TPSA) is 99.7 Å². The van der Waals surface area contributed by atoms with Crippen LogP contribution in [0.5, 0.6) is 0 Å². The summed E-state index contributed by atoms with van der Waals surface area (Å²) in [5, 5.41) is 9.43. The van der Waals surface area contributed by atoms with E-state index >= 15 is 0 Å². The number of ether oxygens (including phenoxy) is 1. The Kier molecular flexibility index (Phi) is 5.78. The Labute approximate surface area is 147 Å². The summed E-state index contributed by atoms with van der Waals surface area (Å²) in [7, 11) is 0. The van der Waals surface area contributed by atoms with Crippen molar-refractivity contribution in [2.45, 2.75) is 33.0 Å². The summed E-state index contributed by atoms with van der Waals surface area (Å²) in [5.41, 5.74) is 6.43. The minimum atomic E-state index is -0.661. The summed E-state index contributed by atoms with van der Waals surface area (Å²) in [6.07, 6.45) is 1.50. The molecule has 1 fully saturated rings. The molecule has 2 atom stereocenters. The molecular weight excluding hydrogens is 320 g/mol. The monoisotopic (exact) mass is 342 g/mol. The van der Waals surface area contributed by atoms with E-state index in [-0.39, 0.29) is 17.8 Å². The number of nitrogens with zero attached hydrogens (tertiary/aromatic N) is 3. The maximum atomic E-state index is 12.8. The Morgan fingerprint density at radius 3 is 2.32 bits per heavy atom. The van der Waals surface area contributed by atoms with Crippen molar-refractivity contribution < 1.29 is 14.3 Å². The first-order valence-corrected chi connectivity index (χ1v) is 8.03. The standard InChI is InChI=1S/C18H22N4O3/c1-12-9-21(10-13(2)25-12)11-15(8-19)18(24)22(14(3)23)17-6-4-16(20)5-7-17/h4-7,11-13H,9-10,20H2,1-3H3/b15-11-. The van der Waals surface area contributed by atoms with Crippen molar-refractivity contribution in [2.24, 2.45) is 0 Å². The second-order valence-corrected chi connectivity index (χ2v) is 6.12. The van der Waals surface area contributed by atoms with Crippen molar-refractivity contribution in [2.75, 3.05) is 23.7 Å². The summed E-state index contributed by atoms with van der Waals surface area (Å²) in [5.74, 6) is -1.13. The molecule has 1 saturated heterocycles. The minimum absolute atomic E-state index is 0.00365. The zero-order chi connectivity index (χ0) is 18.6. The van der Waals surface area contributed by atoms with Crippen LogP contribution >= 0.6 is 0 Å². The van der Waals surface area contributed by atoms with Crippen LogP contribution in [0.4, 0.5) is 11.4 Å². The van der Waals surface area contributed by atoms with E-state index in [2.05, 4.69) is 0 Å². The lowest BCUT2D eigenvalue weighted by Gasteiger charge is -2.34. The molecule has 7 nitrogen and oxygen atoms in total. The number of anilines is 2. The number of hydrogen-bond donors (Lipinski definition) is 1. The number of carbonyl (C=O) groups is 2. The van der Waals surface area contributed by atoms with Gasteiger partial charge in [-0.1, -0.05) is 0 Å². The highest BCUT2D eigenvalue weighted by Crippen LogP contribution is 2.20. The lowest BCUT2D eigenvalue weighted by molar-refractivity contribution is -0.123. The maximum Gasteiger partial charge on any atom is 0.277 e. The fourth-order valence-electron chi connectivity index (χ4n) is 2.82. The van der Waals surface area contributed by atoms with Crippen LogP contribution in [0.1, 0.15) is 20.8 Å². The van der Waals surface area contributed by atoms with Gasteiger partial charge in [-0.25, -0.2) is 4.90 Å². The van der Waals surface area contributed by atoms with Crippen LogP contribution in [0.15, 0.2) is 36.0 Å². The van der Waals surface area contributed by atoms with E-state index in [1.165, 1.54) is 13.1 Å². The third kappa shape index (κ3) is 4.58. The van der Waals surface area contributed by atoms with Gasteiger partial charge >= 0.3 is 0 Å². The summed E-state index contributed by atoms with van der Waals surface area (Å²) < 4.78 is 5.64. The number of nitrogen functional groups attached to an aromatic ring is 1. The Bertz CT molecular complexity index is 711. The molecule has 0 aliphatic carbocycles. The van der Waals surface area contributed by atoms with Crippen LogP contribution in [0.2, 0.25) is 0 Å². The highest BCUT2D eigenvalue weighted by molar-refractivity contribution is 6.21. The average molecular weight is 342 g/mol. The van der Waals surface area contributed by atoms with E-state index in [9.17, 15) is 14.9 Å². The van der Waals surface area contributed by atoms with Gasteiger partial charge in [0.25, 0.3) is 5.91 Å². The van der Waals surface area contributed by atoms with Crippen molar-refractivity contribution in [1.29, 1.82) is 5.26 Å². The third-order valence-corrected chi connectivity index (χ3v) is 3.78. The minimum Gasteiger partial charge on any atom is -0.399 e. The predicted molar refractivity (Wildman–Crippen MR) is 94.3 cm³/mol. The molecule has 2 unspecified atom stereocenters. The molecule has 0 saturated carbocycles. The van der Waals surface area contributed by atoms with Crippen molar-refractivity contribution in [3.05, 3.63) is 36.0 Å². The molecule has 7 heteroatoms. The molecule has 2 rings (SSSR count). The number of amides is 2. The van der Waals surface area contributed by atoms with Crippen LogP contribution in [-0.2, 0) is 14.3 Å². The Balaban J connectivity index is 2.29.